The van der Waals surface area contributed by atoms with Gasteiger partial charge >= 0.3 is 29.6 Å². The van der Waals surface area contributed by atoms with Gasteiger partial charge in [0.1, 0.15) is 11.5 Å². The predicted octanol–water partition coefficient (Wildman–Crippen LogP) is -0.364. The Hall–Kier alpha value is -1.29. The quantitative estimate of drug-likeness (QED) is 0.598. The van der Waals surface area contributed by atoms with Crippen molar-refractivity contribution in [1.29, 1.82) is 0 Å². The van der Waals surface area contributed by atoms with Crippen molar-refractivity contribution < 1.29 is 44.2 Å². The van der Waals surface area contributed by atoms with Gasteiger partial charge in [-0.1, -0.05) is 30.3 Å². The van der Waals surface area contributed by atoms with Gasteiger partial charge < -0.3 is 9.84 Å². The molecule has 0 heterocycles. The Kier molecular flexibility index (Phi) is 5.41. The van der Waals surface area contributed by atoms with Crippen molar-refractivity contribution in [2.24, 2.45) is 0 Å². The van der Waals surface area contributed by atoms with Crippen molar-refractivity contribution in [3.05, 3.63) is 59.7 Å². The Morgan fingerprint density at radius 3 is 2.33 bits per heavy atom. The van der Waals surface area contributed by atoms with E-state index in [1.807, 2.05) is 6.07 Å². The zero-order valence-electron chi connectivity index (χ0n) is 10.4. The van der Waals surface area contributed by atoms with Crippen molar-refractivity contribution in [3.8, 4) is 11.5 Å². The van der Waals surface area contributed by atoms with Crippen LogP contribution in [0.15, 0.2) is 48.5 Å². The summed E-state index contributed by atoms with van der Waals surface area (Å²) in [7, 11) is 1.51. The largest absolute Gasteiger partial charge is 1.00 e. The van der Waals surface area contributed by atoms with Gasteiger partial charge in [-0.2, -0.15) is 0 Å². The zero-order chi connectivity index (χ0) is 12.3. The molecule has 4 heteroatoms. The molecular formula is C14H12NaO3+. The first-order valence-corrected chi connectivity index (χ1v) is 5.19. The molecule has 0 spiro atoms. The fraction of sp³-hybridized carbons (Fsp3) is 0.0714. The first-order valence-electron chi connectivity index (χ1n) is 5.19. The summed E-state index contributed by atoms with van der Waals surface area (Å²) in [6.07, 6.45) is 0. The molecule has 0 bridgehead atoms. The number of hydrogen-bond acceptors (Lipinski definition) is 3. The molecule has 0 aliphatic heterocycles. The molecule has 86 valence electrons. The van der Waals surface area contributed by atoms with E-state index in [9.17, 15) is 9.90 Å². The van der Waals surface area contributed by atoms with Gasteiger partial charge in [0.25, 0.3) is 0 Å². The van der Waals surface area contributed by atoms with Gasteiger partial charge in [0.15, 0.2) is 5.78 Å². The third kappa shape index (κ3) is 3.13. The Bertz CT molecular complexity index is 538. The van der Waals surface area contributed by atoms with Gasteiger partial charge in [-0.15, -0.1) is 0 Å². The molecule has 0 atom stereocenters. The standard InChI is InChI=1S/C14H12O3.Na/c1-17-11-7-8-12(13(15)9-11)14(16)10-5-3-2-4-6-10;/h2-9,15H,1H3;/q;+1. The Morgan fingerprint density at radius 2 is 1.78 bits per heavy atom. The Morgan fingerprint density at radius 1 is 1.11 bits per heavy atom. The number of phenolic OH excluding ortho intramolecular Hbond substituents is 1. The second-order valence-electron chi connectivity index (χ2n) is 3.58. The minimum Gasteiger partial charge on any atom is -0.507 e. The van der Waals surface area contributed by atoms with Crippen molar-refractivity contribution in [1.82, 2.24) is 0 Å². The number of benzene rings is 2. The zero-order valence-corrected chi connectivity index (χ0v) is 12.4. The summed E-state index contributed by atoms with van der Waals surface area (Å²) in [6, 6.07) is 13.5. The van der Waals surface area contributed by atoms with Crippen LogP contribution in [0.3, 0.4) is 0 Å². The van der Waals surface area contributed by atoms with E-state index in [1.165, 1.54) is 13.2 Å². The summed E-state index contributed by atoms with van der Waals surface area (Å²) in [4.78, 5) is 12.1. The number of ketones is 1. The van der Waals surface area contributed by atoms with E-state index in [1.54, 1.807) is 36.4 Å². The molecule has 0 aliphatic carbocycles. The van der Waals surface area contributed by atoms with Crippen molar-refractivity contribution in [3.63, 3.8) is 0 Å². The van der Waals surface area contributed by atoms with Crippen LogP contribution in [0, 0.1) is 0 Å². The maximum absolute atomic E-state index is 12.1. The monoisotopic (exact) mass is 251 g/mol. The van der Waals surface area contributed by atoms with Crippen molar-refractivity contribution in [2.75, 3.05) is 7.11 Å². The van der Waals surface area contributed by atoms with Crippen molar-refractivity contribution in [2.45, 2.75) is 0 Å². The molecule has 0 aliphatic rings. The van der Waals surface area contributed by atoms with Gasteiger partial charge in [-0.25, -0.2) is 0 Å². The first-order chi connectivity index (χ1) is 8.22. The molecule has 0 radical (unpaired) electrons. The van der Waals surface area contributed by atoms with E-state index in [2.05, 4.69) is 0 Å². The molecule has 0 fully saturated rings. The number of ether oxygens (including phenoxy) is 1. The topological polar surface area (TPSA) is 46.5 Å². The van der Waals surface area contributed by atoms with E-state index in [0.29, 0.717) is 11.3 Å². The number of phenols is 1. The fourth-order valence-electron chi connectivity index (χ4n) is 1.58. The third-order valence-corrected chi connectivity index (χ3v) is 2.49. The minimum absolute atomic E-state index is 0. The molecule has 0 saturated carbocycles. The van der Waals surface area contributed by atoms with Gasteiger partial charge in [-0.05, 0) is 12.1 Å². The van der Waals surface area contributed by atoms with Crippen LogP contribution in [0.1, 0.15) is 15.9 Å². The summed E-state index contributed by atoms with van der Waals surface area (Å²) in [6.45, 7) is 0. The van der Waals surface area contributed by atoms with Crippen LogP contribution in [-0.4, -0.2) is 18.0 Å². The SMILES string of the molecule is COc1ccc(C(=O)c2ccccc2)c(O)c1.[Na+]. The second kappa shape index (κ2) is 6.59. The Balaban J connectivity index is 0.00000162. The molecule has 2 rings (SSSR count). The van der Waals surface area contributed by atoms with Gasteiger partial charge in [0.05, 0.1) is 12.7 Å². The summed E-state index contributed by atoms with van der Waals surface area (Å²) < 4.78 is 4.96. The molecular weight excluding hydrogens is 239 g/mol. The number of rotatable bonds is 3. The van der Waals surface area contributed by atoms with Gasteiger partial charge in [0, 0.05) is 11.6 Å². The third-order valence-electron chi connectivity index (χ3n) is 2.49. The van der Waals surface area contributed by atoms with Gasteiger partial charge in [-0.3, -0.25) is 4.79 Å². The summed E-state index contributed by atoms with van der Waals surface area (Å²) in [5.74, 6) is 0.246. The number of methoxy groups -OCH3 is 1. The van der Waals surface area contributed by atoms with Crippen LogP contribution < -0.4 is 34.3 Å². The van der Waals surface area contributed by atoms with Gasteiger partial charge in [0.2, 0.25) is 0 Å². The van der Waals surface area contributed by atoms with E-state index in [-0.39, 0.29) is 46.7 Å². The molecule has 2 aromatic carbocycles. The molecule has 0 saturated heterocycles. The summed E-state index contributed by atoms with van der Waals surface area (Å²) in [5, 5.41) is 9.75. The molecule has 18 heavy (non-hydrogen) atoms. The van der Waals surface area contributed by atoms with Crippen LogP contribution in [0.25, 0.3) is 0 Å². The number of hydrogen-bond donors (Lipinski definition) is 1. The number of aromatic hydroxyl groups is 1. The van der Waals surface area contributed by atoms with E-state index in [0.717, 1.165) is 0 Å². The number of carbonyl (C=O) groups is 1. The molecule has 0 unspecified atom stereocenters. The van der Waals surface area contributed by atoms with Crippen LogP contribution in [0.5, 0.6) is 11.5 Å². The first kappa shape index (κ1) is 14.8. The normalized spacial score (nSPS) is 9.39. The molecule has 0 aromatic heterocycles. The summed E-state index contributed by atoms with van der Waals surface area (Å²) in [5.41, 5.74) is 0.824. The average Bonchev–Trinajstić information content (AvgIpc) is 2.39. The second-order valence-corrected chi connectivity index (χ2v) is 3.58. The van der Waals surface area contributed by atoms with Crippen LogP contribution >= 0.6 is 0 Å². The summed E-state index contributed by atoms with van der Waals surface area (Å²) >= 11 is 0. The van der Waals surface area contributed by atoms with Crippen LogP contribution in [0.4, 0.5) is 0 Å². The minimum atomic E-state index is -0.203. The molecule has 0 amide bonds. The predicted molar refractivity (Wildman–Crippen MR) is 64.5 cm³/mol. The van der Waals surface area contributed by atoms with E-state index >= 15 is 0 Å². The van der Waals surface area contributed by atoms with E-state index < -0.39 is 0 Å². The molecule has 3 nitrogen and oxygen atoms in total. The van der Waals surface area contributed by atoms with Crippen LogP contribution in [-0.2, 0) is 0 Å². The molecule has 1 N–H and O–H groups in total. The van der Waals surface area contributed by atoms with E-state index in [4.69, 9.17) is 4.74 Å². The maximum atomic E-state index is 12.1. The van der Waals surface area contributed by atoms with Crippen LogP contribution in [0.2, 0.25) is 0 Å². The van der Waals surface area contributed by atoms with Crippen molar-refractivity contribution >= 4 is 5.78 Å². The number of carbonyl (C=O) groups excluding carboxylic acids is 1. The average molecular weight is 251 g/mol. The smallest absolute Gasteiger partial charge is 0.507 e. The Labute approximate surface area is 128 Å². The fourth-order valence-corrected chi connectivity index (χ4v) is 1.58. The molecule has 2 aromatic rings. The maximum Gasteiger partial charge on any atom is 1.00 e.